The first-order chi connectivity index (χ1) is 13.2. The van der Waals surface area contributed by atoms with Crippen LogP contribution >= 0.6 is 11.3 Å². The van der Waals surface area contributed by atoms with E-state index in [1.165, 1.54) is 12.4 Å². The predicted octanol–water partition coefficient (Wildman–Crippen LogP) is 3.20. The molecule has 142 valence electrons. The van der Waals surface area contributed by atoms with E-state index < -0.39 is 11.5 Å². The van der Waals surface area contributed by atoms with Crippen LogP contribution in [0.1, 0.15) is 25.6 Å². The molecule has 1 aliphatic heterocycles. The summed E-state index contributed by atoms with van der Waals surface area (Å²) in [5, 5.41) is 7.87. The maximum absolute atomic E-state index is 13.5. The van der Waals surface area contributed by atoms with Crippen LogP contribution in [0.25, 0.3) is 10.2 Å². The summed E-state index contributed by atoms with van der Waals surface area (Å²) in [6, 6.07) is 8.09. The normalized spacial score (nSPS) is 17.7. The lowest BCUT2D eigenvalue weighted by Gasteiger charge is -2.45. The van der Waals surface area contributed by atoms with Crippen LogP contribution in [0.4, 0.5) is 9.52 Å². The fraction of sp³-hybridized carbons (Fsp3) is 0.421. The van der Waals surface area contributed by atoms with Crippen LogP contribution in [-0.4, -0.2) is 46.0 Å². The quantitative estimate of drug-likeness (QED) is 0.678. The Morgan fingerprint density at radius 1 is 1.22 bits per heavy atom. The number of rotatable bonds is 6. The van der Waals surface area contributed by atoms with Crippen LogP contribution in [-0.2, 0) is 5.66 Å². The molecule has 2 N–H and O–H groups in total. The topological polar surface area (TPSA) is 66.0 Å². The minimum Gasteiger partial charge on any atom is -0.337 e. The number of para-hydroxylation sites is 1. The number of thiazole rings is 1. The number of halogens is 1. The molecule has 0 amide bonds. The van der Waals surface area contributed by atoms with Gasteiger partial charge >= 0.3 is 0 Å². The Labute approximate surface area is 161 Å². The van der Waals surface area contributed by atoms with Crippen LogP contribution in [0.5, 0.6) is 0 Å². The maximum atomic E-state index is 13.5. The molecule has 1 aliphatic rings. The summed E-state index contributed by atoms with van der Waals surface area (Å²) < 4.78 is 14.6. The van der Waals surface area contributed by atoms with Crippen molar-refractivity contribution in [2.24, 2.45) is 0 Å². The van der Waals surface area contributed by atoms with Gasteiger partial charge in [0.25, 0.3) is 0 Å². The summed E-state index contributed by atoms with van der Waals surface area (Å²) in [5.41, 5.74) is 0.356. The third-order valence-electron chi connectivity index (χ3n) is 4.87. The van der Waals surface area contributed by atoms with Crippen molar-refractivity contribution in [2.45, 2.75) is 25.4 Å². The molecular weight excluding hydrogens is 363 g/mol. The van der Waals surface area contributed by atoms with Gasteiger partial charge in [-0.15, -0.1) is 0 Å². The van der Waals surface area contributed by atoms with Gasteiger partial charge in [-0.1, -0.05) is 36.8 Å². The van der Waals surface area contributed by atoms with Crippen molar-refractivity contribution in [3.63, 3.8) is 0 Å². The molecule has 1 aromatic carbocycles. The van der Waals surface area contributed by atoms with Gasteiger partial charge in [0.05, 0.1) is 22.6 Å². The van der Waals surface area contributed by atoms with E-state index in [0.29, 0.717) is 5.82 Å². The second kappa shape index (κ2) is 7.84. The summed E-state index contributed by atoms with van der Waals surface area (Å²) in [7, 11) is 0. The average molecular weight is 387 g/mol. The second-order valence-electron chi connectivity index (χ2n) is 6.68. The van der Waals surface area contributed by atoms with Crippen molar-refractivity contribution in [2.75, 3.05) is 31.5 Å². The Balaban J connectivity index is 1.78. The van der Waals surface area contributed by atoms with Gasteiger partial charge in [0.2, 0.25) is 0 Å². The zero-order valence-corrected chi connectivity index (χ0v) is 16.1. The maximum Gasteiger partial charge on any atom is 0.185 e. The smallest absolute Gasteiger partial charge is 0.185 e. The van der Waals surface area contributed by atoms with Gasteiger partial charge in [0.15, 0.2) is 22.4 Å². The molecule has 0 aliphatic carbocycles. The highest BCUT2D eigenvalue weighted by molar-refractivity contribution is 7.22. The number of aromatic nitrogens is 3. The molecule has 0 bridgehead atoms. The molecule has 3 heterocycles. The van der Waals surface area contributed by atoms with Crippen molar-refractivity contribution in [3.05, 3.63) is 48.3 Å². The monoisotopic (exact) mass is 386 g/mol. The molecule has 1 atom stereocenters. The van der Waals surface area contributed by atoms with Gasteiger partial charge in [-0.25, -0.2) is 19.3 Å². The lowest BCUT2D eigenvalue weighted by atomic mass is 9.99. The number of hydrogen-bond acceptors (Lipinski definition) is 7. The van der Waals surface area contributed by atoms with Crippen molar-refractivity contribution >= 4 is 26.7 Å². The largest absolute Gasteiger partial charge is 0.337 e. The molecule has 0 saturated carbocycles. The van der Waals surface area contributed by atoms with E-state index in [-0.39, 0.29) is 0 Å². The van der Waals surface area contributed by atoms with Crippen LogP contribution in [0.15, 0.2) is 36.7 Å². The van der Waals surface area contributed by atoms with Crippen LogP contribution < -0.4 is 10.6 Å². The van der Waals surface area contributed by atoms with E-state index >= 15 is 0 Å². The SMILES string of the molecule is CCCC(Nc1nc2ccccc2s1)(c1ncc(F)cn1)N1CCNCC1. The minimum atomic E-state index is -0.613. The Bertz CT molecular complexity index is 860. The Morgan fingerprint density at radius 2 is 1.96 bits per heavy atom. The van der Waals surface area contributed by atoms with E-state index in [1.807, 2.05) is 18.2 Å². The number of benzene rings is 1. The molecule has 6 nitrogen and oxygen atoms in total. The second-order valence-corrected chi connectivity index (χ2v) is 7.71. The van der Waals surface area contributed by atoms with Gasteiger partial charge in [-0.05, 0) is 18.6 Å². The van der Waals surface area contributed by atoms with Gasteiger partial charge in [-0.3, -0.25) is 4.90 Å². The Morgan fingerprint density at radius 3 is 2.67 bits per heavy atom. The third kappa shape index (κ3) is 3.65. The molecule has 2 aromatic heterocycles. The number of hydrogen-bond donors (Lipinski definition) is 2. The minimum absolute atomic E-state index is 0.426. The van der Waals surface area contributed by atoms with Crippen molar-refractivity contribution in [3.8, 4) is 0 Å². The number of fused-ring (bicyclic) bond motifs is 1. The average Bonchev–Trinajstić information content (AvgIpc) is 3.11. The number of anilines is 1. The molecule has 1 fully saturated rings. The molecule has 27 heavy (non-hydrogen) atoms. The molecule has 4 rings (SSSR count). The van der Waals surface area contributed by atoms with Crippen LogP contribution in [0.3, 0.4) is 0 Å². The lowest BCUT2D eigenvalue weighted by molar-refractivity contribution is 0.0774. The Kier molecular flexibility index (Phi) is 5.29. The molecule has 1 saturated heterocycles. The van der Waals surface area contributed by atoms with Crippen molar-refractivity contribution in [1.82, 2.24) is 25.2 Å². The fourth-order valence-electron chi connectivity index (χ4n) is 3.65. The summed E-state index contributed by atoms with van der Waals surface area (Å²) in [4.78, 5) is 15.8. The molecule has 0 spiro atoms. The van der Waals surface area contributed by atoms with Crippen molar-refractivity contribution < 1.29 is 4.39 Å². The first-order valence-corrected chi connectivity index (χ1v) is 10.1. The lowest BCUT2D eigenvalue weighted by Crippen LogP contribution is -2.58. The highest BCUT2D eigenvalue weighted by Gasteiger charge is 2.41. The molecule has 1 unspecified atom stereocenters. The summed E-state index contributed by atoms with van der Waals surface area (Å²) >= 11 is 1.62. The Hall–Kier alpha value is -2.16. The van der Waals surface area contributed by atoms with E-state index in [9.17, 15) is 4.39 Å². The van der Waals surface area contributed by atoms with Gasteiger partial charge < -0.3 is 10.6 Å². The first-order valence-electron chi connectivity index (χ1n) is 9.29. The van der Waals surface area contributed by atoms with E-state index in [4.69, 9.17) is 4.98 Å². The zero-order valence-electron chi connectivity index (χ0n) is 15.3. The van der Waals surface area contributed by atoms with E-state index in [1.54, 1.807) is 11.3 Å². The number of nitrogens with one attached hydrogen (secondary N) is 2. The number of piperazine rings is 1. The van der Waals surface area contributed by atoms with Gasteiger partial charge in [0, 0.05) is 26.2 Å². The van der Waals surface area contributed by atoms with Gasteiger partial charge in [0.1, 0.15) is 0 Å². The zero-order chi connectivity index (χ0) is 18.7. The van der Waals surface area contributed by atoms with E-state index in [2.05, 4.69) is 38.5 Å². The highest BCUT2D eigenvalue weighted by atomic mass is 32.1. The highest BCUT2D eigenvalue weighted by Crippen LogP contribution is 2.36. The summed E-state index contributed by atoms with van der Waals surface area (Å²) in [5.74, 6) is 0.163. The standard InChI is InChI=1S/C19H23FN6S/c1-2-7-19(26-10-8-21-9-11-26,17-22-12-14(20)13-23-17)25-18-24-15-5-3-4-6-16(15)27-18/h3-6,12-13,21H,2,7-11H2,1H3,(H,24,25). The summed E-state index contributed by atoms with van der Waals surface area (Å²) in [6.07, 6.45) is 4.22. The molecule has 0 radical (unpaired) electrons. The first kappa shape index (κ1) is 18.2. The number of nitrogens with zero attached hydrogens (tertiary/aromatic N) is 4. The third-order valence-corrected chi connectivity index (χ3v) is 5.82. The summed E-state index contributed by atoms with van der Waals surface area (Å²) in [6.45, 7) is 5.65. The van der Waals surface area contributed by atoms with Crippen LogP contribution in [0.2, 0.25) is 0 Å². The fourth-order valence-corrected chi connectivity index (χ4v) is 4.58. The predicted molar refractivity (Wildman–Crippen MR) is 106 cm³/mol. The van der Waals surface area contributed by atoms with Crippen molar-refractivity contribution in [1.29, 1.82) is 0 Å². The van der Waals surface area contributed by atoms with Crippen LogP contribution in [0, 0.1) is 5.82 Å². The van der Waals surface area contributed by atoms with E-state index in [0.717, 1.165) is 54.4 Å². The van der Waals surface area contributed by atoms with Gasteiger partial charge in [-0.2, -0.15) is 0 Å². The molecule has 3 aromatic rings. The molecular formula is C19H23FN6S. The molecule has 8 heteroatoms.